The van der Waals surface area contributed by atoms with Crippen LogP contribution in [0.5, 0.6) is 5.75 Å². The van der Waals surface area contributed by atoms with Crippen molar-refractivity contribution in [3.8, 4) is 5.75 Å². The molecule has 3 aliphatic rings. The van der Waals surface area contributed by atoms with E-state index in [4.69, 9.17) is 14.2 Å². The highest BCUT2D eigenvalue weighted by Gasteiger charge is 2.49. The molecule has 2 N–H and O–H groups in total. The van der Waals surface area contributed by atoms with Crippen molar-refractivity contribution in [3.63, 3.8) is 0 Å². The van der Waals surface area contributed by atoms with Gasteiger partial charge in [0.1, 0.15) is 18.0 Å². The molecular formula is C20H26N2O5. The fourth-order valence-corrected chi connectivity index (χ4v) is 3.63. The van der Waals surface area contributed by atoms with Gasteiger partial charge in [-0.25, -0.2) is 0 Å². The second kappa shape index (κ2) is 7.48. The van der Waals surface area contributed by atoms with Crippen LogP contribution in [-0.2, 0) is 14.3 Å². The van der Waals surface area contributed by atoms with Crippen LogP contribution in [0.4, 0.5) is 0 Å². The number of hydrogen-bond acceptors (Lipinski definition) is 5. The lowest BCUT2D eigenvalue weighted by Crippen LogP contribution is -2.47. The average molecular weight is 374 g/mol. The van der Waals surface area contributed by atoms with Gasteiger partial charge in [-0.05, 0) is 44.9 Å². The highest BCUT2D eigenvalue weighted by molar-refractivity contribution is 5.94. The second-order valence-corrected chi connectivity index (χ2v) is 7.76. The molecule has 27 heavy (non-hydrogen) atoms. The molecule has 4 rings (SSSR count). The largest absolute Gasteiger partial charge is 0.491 e. The van der Waals surface area contributed by atoms with E-state index in [0.29, 0.717) is 24.5 Å². The summed E-state index contributed by atoms with van der Waals surface area (Å²) in [5.74, 6) is 0.717. The van der Waals surface area contributed by atoms with Crippen LogP contribution in [0.1, 0.15) is 37.0 Å². The summed E-state index contributed by atoms with van der Waals surface area (Å²) < 4.78 is 17.3. The maximum Gasteiger partial charge on any atom is 0.251 e. The van der Waals surface area contributed by atoms with Crippen LogP contribution >= 0.6 is 0 Å². The molecule has 3 fully saturated rings. The predicted molar refractivity (Wildman–Crippen MR) is 97.6 cm³/mol. The summed E-state index contributed by atoms with van der Waals surface area (Å²) in [6.45, 7) is 4.67. The highest BCUT2D eigenvalue weighted by Crippen LogP contribution is 2.31. The summed E-state index contributed by atoms with van der Waals surface area (Å²) >= 11 is 0. The summed E-state index contributed by atoms with van der Waals surface area (Å²) in [4.78, 5) is 24.6. The van der Waals surface area contributed by atoms with Gasteiger partial charge in [0.2, 0.25) is 5.91 Å². The van der Waals surface area contributed by atoms with E-state index in [1.54, 1.807) is 18.2 Å². The Morgan fingerprint density at radius 2 is 1.74 bits per heavy atom. The topological polar surface area (TPSA) is 85.9 Å². The quantitative estimate of drug-likeness (QED) is 0.783. The molecule has 4 unspecified atom stereocenters. The molecule has 0 bridgehead atoms. The van der Waals surface area contributed by atoms with Crippen molar-refractivity contribution in [2.45, 2.75) is 57.1 Å². The Kier molecular flexibility index (Phi) is 5.06. The molecule has 7 heteroatoms. The molecule has 2 aliphatic heterocycles. The van der Waals surface area contributed by atoms with Gasteiger partial charge < -0.3 is 24.8 Å². The van der Waals surface area contributed by atoms with Gasteiger partial charge in [-0.2, -0.15) is 0 Å². The first kappa shape index (κ1) is 18.3. The summed E-state index contributed by atoms with van der Waals surface area (Å²) in [5, 5.41) is 6.02. The third kappa shape index (κ3) is 4.09. The number of carbonyl (C=O) groups excluding carboxylic acids is 2. The summed E-state index contributed by atoms with van der Waals surface area (Å²) in [6, 6.07) is 6.74. The van der Waals surface area contributed by atoms with E-state index in [2.05, 4.69) is 10.6 Å². The van der Waals surface area contributed by atoms with Crippen LogP contribution in [0, 0.1) is 5.92 Å². The Balaban J connectivity index is 1.35. The van der Waals surface area contributed by atoms with Crippen molar-refractivity contribution in [2.24, 2.45) is 5.92 Å². The van der Waals surface area contributed by atoms with Crippen molar-refractivity contribution >= 4 is 11.8 Å². The first-order valence-electron chi connectivity index (χ1n) is 9.62. The number of amides is 2. The molecule has 0 spiro atoms. The lowest BCUT2D eigenvalue weighted by molar-refractivity contribution is -0.123. The summed E-state index contributed by atoms with van der Waals surface area (Å²) in [5.41, 5.74) is 0.535. The van der Waals surface area contributed by atoms with Crippen LogP contribution in [0.2, 0.25) is 0 Å². The molecule has 0 radical (unpaired) electrons. The van der Waals surface area contributed by atoms with Gasteiger partial charge in [0.25, 0.3) is 5.91 Å². The summed E-state index contributed by atoms with van der Waals surface area (Å²) in [6.07, 6.45) is 1.52. The third-order valence-corrected chi connectivity index (χ3v) is 5.11. The van der Waals surface area contributed by atoms with Crippen molar-refractivity contribution in [1.82, 2.24) is 10.6 Å². The SMILES string of the molecule is CC(C)Oc1cccc(C(=O)NC2COC3C(NC(=O)C4CC4)COC23)c1. The molecule has 2 saturated heterocycles. The molecule has 0 aromatic heterocycles. The van der Waals surface area contributed by atoms with Gasteiger partial charge in [0.15, 0.2) is 0 Å². The maximum absolute atomic E-state index is 12.6. The second-order valence-electron chi connectivity index (χ2n) is 7.76. The van der Waals surface area contributed by atoms with Crippen LogP contribution in [0.15, 0.2) is 24.3 Å². The van der Waals surface area contributed by atoms with Crippen LogP contribution in [-0.4, -0.2) is 55.4 Å². The molecule has 4 atom stereocenters. The third-order valence-electron chi connectivity index (χ3n) is 5.11. The molecule has 2 amide bonds. The number of hydrogen-bond donors (Lipinski definition) is 2. The zero-order chi connectivity index (χ0) is 19.0. The standard InChI is InChI=1S/C20H26N2O5/c1-11(2)27-14-5-3-4-13(8-14)20(24)22-16-10-26-17-15(9-25-18(16)17)21-19(23)12-6-7-12/h3-5,8,11-12,15-18H,6-7,9-10H2,1-2H3,(H,21,23)(H,22,24). The lowest BCUT2D eigenvalue weighted by atomic mass is 10.1. The van der Waals surface area contributed by atoms with Crippen molar-refractivity contribution in [1.29, 1.82) is 0 Å². The number of rotatable bonds is 6. The van der Waals surface area contributed by atoms with Gasteiger partial charge in [-0.1, -0.05) is 6.07 Å². The molecule has 2 heterocycles. The van der Waals surface area contributed by atoms with Crippen LogP contribution in [0.3, 0.4) is 0 Å². The number of benzene rings is 1. The molecule has 1 aromatic rings. The first-order chi connectivity index (χ1) is 13.0. The minimum atomic E-state index is -0.242. The van der Waals surface area contributed by atoms with E-state index in [1.165, 1.54) is 0 Å². The fourth-order valence-electron chi connectivity index (χ4n) is 3.63. The van der Waals surface area contributed by atoms with Gasteiger partial charge in [-0.3, -0.25) is 9.59 Å². The zero-order valence-electron chi connectivity index (χ0n) is 15.6. The minimum absolute atomic E-state index is 0.0435. The average Bonchev–Trinajstić information content (AvgIpc) is 3.31. The van der Waals surface area contributed by atoms with Crippen LogP contribution < -0.4 is 15.4 Å². The molecule has 1 aromatic carbocycles. The van der Waals surface area contributed by atoms with Gasteiger partial charge in [0.05, 0.1) is 31.4 Å². The lowest BCUT2D eigenvalue weighted by Gasteiger charge is -2.18. The van der Waals surface area contributed by atoms with Crippen molar-refractivity contribution in [2.75, 3.05) is 13.2 Å². The molecule has 1 saturated carbocycles. The Hall–Kier alpha value is -2.12. The normalized spacial score (nSPS) is 29.4. The Morgan fingerprint density at radius 1 is 1.07 bits per heavy atom. The van der Waals surface area contributed by atoms with Crippen molar-refractivity contribution in [3.05, 3.63) is 29.8 Å². The van der Waals surface area contributed by atoms with E-state index >= 15 is 0 Å². The van der Waals surface area contributed by atoms with E-state index in [0.717, 1.165) is 12.8 Å². The number of carbonyl (C=O) groups is 2. The number of fused-ring (bicyclic) bond motifs is 1. The first-order valence-corrected chi connectivity index (χ1v) is 9.62. The fraction of sp³-hybridized carbons (Fsp3) is 0.600. The number of nitrogens with one attached hydrogen (secondary N) is 2. The van der Waals surface area contributed by atoms with E-state index in [-0.39, 0.29) is 48.1 Å². The smallest absolute Gasteiger partial charge is 0.251 e. The van der Waals surface area contributed by atoms with Gasteiger partial charge in [0, 0.05) is 11.5 Å². The van der Waals surface area contributed by atoms with Crippen molar-refractivity contribution < 1.29 is 23.8 Å². The molecule has 146 valence electrons. The minimum Gasteiger partial charge on any atom is -0.491 e. The predicted octanol–water partition coefficient (Wildman–Crippen LogP) is 1.26. The van der Waals surface area contributed by atoms with E-state index in [9.17, 15) is 9.59 Å². The monoisotopic (exact) mass is 374 g/mol. The van der Waals surface area contributed by atoms with E-state index < -0.39 is 0 Å². The van der Waals surface area contributed by atoms with E-state index in [1.807, 2.05) is 19.9 Å². The van der Waals surface area contributed by atoms with Gasteiger partial charge >= 0.3 is 0 Å². The summed E-state index contributed by atoms with van der Waals surface area (Å²) in [7, 11) is 0. The number of ether oxygens (including phenoxy) is 3. The molecule has 1 aliphatic carbocycles. The zero-order valence-corrected chi connectivity index (χ0v) is 15.6. The Labute approximate surface area is 158 Å². The van der Waals surface area contributed by atoms with Crippen LogP contribution in [0.25, 0.3) is 0 Å². The molecule has 7 nitrogen and oxygen atoms in total. The molecular weight excluding hydrogens is 348 g/mol. The Morgan fingerprint density at radius 3 is 2.37 bits per heavy atom. The maximum atomic E-state index is 12.6. The Bertz CT molecular complexity index is 718. The highest BCUT2D eigenvalue weighted by atomic mass is 16.6. The van der Waals surface area contributed by atoms with Gasteiger partial charge in [-0.15, -0.1) is 0 Å².